The lowest BCUT2D eigenvalue weighted by molar-refractivity contribution is -0.136. The molecule has 4 heteroatoms. The van der Waals surface area contributed by atoms with Gasteiger partial charge in [0.25, 0.3) is 0 Å². The number of halogens is 1. The Morgan fingerprint density at radius 2 is 1.90 bits per heavy atom. The van der Waals surface area contributed by atoms with Crippen LogP contribution in [0.5, 0.6) is 0 Å². The van der Waals surface area contributed by atoms with Gasteiger partial charge in [-0.05, 0) is 36.2 Å². The molecule has 3 aromatic rings. The van der Waals surface area contributed by atoms with E-state index >= 15 is 0 Å². The maximum Gasteiger partial charge on any atom is 0.307 e. The van der Waals surface area contributed by atoms with E-state index < -0.39 is 5.97 Å². The molecule has 0 aliphatic rings. The molecule has 2 N–H and O–H groups in total. The Morgan fingerprint density at radius 3 is 2.57 bits per heavy atom. The summed E-state index contributed by atoms with van der Waals surface area (Å²) in [5, 5.41) is 10.6. The summed E-state index contributed by atoms with van der Waals surface area (Å²) in [6.45, 7) is 2.02. The van der Waals surface area contributed by atoms with Crippen molar-refractivity contribution in [2.75, 3.05) is 0 Å². The van der Waals surface area contributed by atoms with Crippen LogP contribution in [-0.4, -0.2) is 16.1 Å². The van der Waals surface area contributed by atoms with E-state index in [9.17, 15) is 9.90 Å². The van der Waals surface area contributed by atoms with E-state index in [-0.39, 0.29) is 6.42 Å². The zero-order chi connectivity index (χ0) is 15.0. The van der Waals surface area contributed by atoms with Gasteiger partial charge in [-0.25, -0.2) is 0 Å². The Kier molecular flexibility index (Phi) is 3.43. The highest BCUT2D eigenvalue weighted by atomic mass is 35.5. The lowest BCUT2D eigenvalue weighted by Crippen LogP contribution is -2.00. The molecule has 0 saturated carbocycles. The molecule has 0 saturated heterocycles. The second-order valence-electron chi connectivity index (χ2n) is 5.10. The number of benzene rings is 2. The maximum atomic E-state index is 11.2. The third kappa shape index (κ3) is 2.65. The molecular formula is C17H14ClNO2. The first kappa shape index (κ1) is 13.7. The smallest absolute Gasteiger partial charge is 0.307 e. The number of carboxylic acid groups (broad SMARTS) is 1. The van der Waals surface area contributed by atoms with E-state index in [1.165, 1.54) is 0 Å². The monoisotopic (exact) mass is 299 g/mol. The van der Waals surface area contributed by atoms with Crippen LogP contribution in [0.1, 0.15) is 11.1 Å². The zero-order valence-electron chi connectivity index (χ0n) is 11.5. The normalized spacial score (nSPS) is 11.0. The fourth-order valence-electron chi connectivity index (χ4n) is 2.52. The lowest BCUT2D eigenvalue weighted by Gasteiger charge is -2.03. The number of aromatic nitrogens is 1. The molecule has 0 spiro atoms. The first-order valence-corrected chi connectivity index (χ1v) is 7.01. The molecule has 0 amide bonds. The topological polar surface area (TPSA) is 53.1 Å². The van der Waals surface area contributed by atoms with Crippen LogP contribution in [0.2, 0.25) is 5.02 Å². The summed E-state index contributed by atoms with van der Waals surface area (Å²) in [6, 6.07) is 13.5. The van der Waals surface area contributed by atoms with Crippen molar-refractivity contribution in [3.05, 3.63) is 58.6 Å². The quantitative estimate of drug-likeness (QED) is 0.752. The summed E-state index contributed by atoms with van der Waals surface area (Å²) < 4.78 is 0. The van der Waals surface area contributed by atoms with Crippen molar-refractivity contribution in [2.24, 2.45) is 0 Å². The summed E-state index contributed by atoms with van der Waals surface area (Å²) in [4.78, 5) is 14.5. The van der Waals surface area contributed by atoms with Crippen molar-refractivity contribution >= 4 is 28.5 Å². The van der Waals surface area contributed by atoms with Crippen LogP contribution in [0.4, 0.5) is 0 Å². The highest BCUT2D eigenvalue weighted by Gasteiger charge is 2.16. The van der Waals surface area contributed by atoms with Crippen LogP contribution in [0.3, 0.4) is 0 Å². The molecule has 0 aliphatic carbocycles. The van der Waals surface area contributed by atoms with Crippen molar-refractivity contribution < 1.29 is 9.90 Å². The zero-order valence-corrected chi connectivity index (χ0v) is 12.2. The third-order valence-electron chi connectivity index (χ3n) is 3.54. The summed E-state index contributed by atoms with van der Waals surface area (Å²) in [5.41, 5.74) is 4.65. The van der Waals surface area contributed by atoms with Gasteiger partial charge in [-0.2, -0.15) is 0 Å². The van der Waals surface area contributed by atoms with Gasteiger partial charge in [-0.3, -0.25) is 4.79 Å². The Bertz CT molecular complexity index is 819. The molecule has 106 valence electrons. The van der Waals surface area contributed by atoms with Crippen molar-refractivity contribution in [1.82, 2.24) is 4.98 Å². The lowest BCUT2D eigenvalue weighted by atomic mass is 10.0. The number of carbonyl (C=O) groups is 1. The molecule has 0 aliphatic heterocycles. The van der Waals surface area contributed by atoms with E-state index in [1.807, 2.05) is 43.3 Å². The summed E-state index contributed by atoms with van der Waals surface area (Å²) >= 11 is 6.04. The number of aliphatic carboxylic acids is 1. The van der Waals surface area contributed by atoms with Crippen molar-refractivity contribution in [3.8, 4) is 11.3 Å². The molecule has 0 atom stereocenters. The number of H-pyrrole nitrogens is 1. The number of fused-ring (bicyclic) bond motifs is 1. The second kappa shape index (κ2) is 5.26. The molecule has 0 radical (unpaired) electrons. The van der Waals surface area contributed by atoms with Gasteiger partial charge in [0, 0.05) is 15.9 Å². The largest absolute Gasteiger partial charge is 0.481 e. The maximum absolute atomic E-state index is 11.2. The average Bonchev–Trinajstić information content (AvgIpc) is 2.77. The number of aromatic amines is 1. The number of nitrogens with one attached hydrogen (secondary N) is 1. The van der Waals surface area contributed by atoms with Gasteiger partial charge in [0.2, 0.25) is 0 Å². The van der Waals surface area contributed by atoms with Gasteiger partial charge >= 0.3 is 5.97 Å². The first-order chi connectivity index (χ1) is 10.0. The Balaban J connectivity index is 2.25. The van der Waals surface area contributed by atoms with E-state index in [1.54, 1.807) is 6.07 Å². The highest BCUT2D eigenvalue weighted by Crippen LogP contribution is 2.32. The van der Waals surface area contributed by atoms with Gasteiger partial charge in [-0.1, -0.05) is 41.4 Å². The average molecular weight is 300 g/mol. The predicted octanol–water partition coefficient (Wildman–Crippen LogP) is 4.42. The summed E-state index contributed by atoms with van der Waals surface area (Å²) in [6.07, 6.45) is -0.0381. The van der Waals surface area contributed by atoms with Crippen molar-refractivity contribution in [3.63, 3.8) is 0 Å². The van der Waals surface area contributed by atoms with Crippen LogP contribution < -0.4 is 0 Å². The fourth-order valence-corrected chi connectivity index (χ4v) is 2.69. The van der Waals surface area contributed by atoms with Gasteiger partial charge in [-0.15, -0.1) is 0 Å². The Labute approximate surface area is 127 Å². The van der Waals surface area contributed by atoms with Gasteiger partial charge in [0.1, 0.15) is 0 Å². The Morgan fingerprint density at radius 1 is 1.19 bits per heavy atom. The summed E-state index contributed by atoms with van der Waals surface area (Å²) in [7, 11) is 0. The van der Waals surface area contributed by atoms with Gasteiger partial charge in [0.05, 0.1) is 12.1 Å². The molecule has 3 nitrogen and oxygen atoms in total. The SMILES string of the molecule is Cc1ccc(-c2[nH]c3ccc(Cl)cc3c2CC(=O)O)cc1. The van der Waals surface area contributed by atoms with E-state index in [2.05, 4.69) is 4.98 Å². The Hall–Kier alpha value is -2.26. The summed E-state index contributed by atoms with van der Waals surface area (Å²) in [5.74, 6) is -0.857. The standard InChI is InChI=1S/C17H14ClNO2/c1-10-2-4-11(5-3-10)17-14(9-16(20)21)13-8-12(18)6-7-15(13)19-17/h2-8,19H,9H2,1H3,(H,20,21). The molecule has 0 unspecified atom stereocenters. The van der Waals surface area contributed by atoms with Crippen LogP contribution in [-0.2, 0) is 11.2 Å². The van der Waals surface area contributed by atoms with Crippen LogP contribution in [0, 0.1) is 6.92 Å². The number of carboxylic acids is 1. The van der Waals surface area contributed by atoms with Crippen molar-refractivity contribution in [1.29, 1.82) is 0 Å². The molecule has 1 heterocycles. The highest BCUT2D eigenvalue weighted by molar-refractivity contribution is 6.31. The van der Waals surface area contributed by atoms with Gasteiger partial charge < -0.3 is 10.1 Å². The minimum absolute atomic E-state index is 0.0381. The van der Waals surface area contributed by atoms with Gasteiger partial charge in [0.15, 0.2) is 0 Å². The first-order valence-electron chi connectivity index (χ1n) is 6.63. The van der Waals surface area contributed by atoms with Crippen molar-refractivity contribution in [2.45, 2.75) is 13.3 Å². The molecule has 0 fully saturated rings. The molecule has 2 aromatic carbocycles. The third-order valence-corrected chi connectivity index (χ3v) is 3.77. The molecule has 21 heavy (non-hydrogen) atoms. The minimum atomic E-state index is -0.857. The number of hydrogen-bond donors (Lipinski definition) is 2. The molecule has 0 bridgehead atoms. The van der Waals surface area contributed by atoms with E-state index in [0.29, 0.717) is 5.02 Å². The number of aryl methyl sites for hydroxylation is 1. The molecule has 1 aromatic heterocycles. The van der Waals surface area contributed by atoms with Crippen LogP contribution >= 0.6 is 11.6 Å². The number of hydrogen-bond acceptors (Lipinski definition) is 1. The van der Waals surface area contributed by atoms with E-state index in [4.69, 9.17) is 11.6 Å². The second-order valence-corrected chi connectivity index (χ2v) is 5.54. The van der Waals surface area contributed by atoms with E-state index in [0.717, 1.165) is 33.3 Å². The number of rotatable bonds is 3. The molecule has 3 rings (SSSR count). The minimum Gasteiger partial charge on any atom is -0.481 e. The van der Waals surface area contributed by atoms with Crippen LogP contribution in [0.25, 0.3) is 22.2 Å². The fraction of sp³-hybridized carbons (Fsp3) is 0.118. The molecular weight excluding hydrogens is 286 g/mol. The van der Waals surface area contributed by atoms with Crippen LogP contribution in [0.15, 0.2) is 42.5 Å². The predicted molar refractivity (Wildman–Crippen MR) is 84.8 cm³/mol.